The van der Waals surface area contributed by atoms with Crippen LogP contribution >= 0.6 is 0 Å². The molecule has 1 heterocycles. The third-order valence-corrected chi connectivity index (χ3v) is 4.79. The largest absolute Gasteiger partial charge is 0.322 e. The van der Waals surface area contributed by atoms with Crippen molar-refractivity contribution < 1.29 is 4.79 Å². The maximum Gasteiger partial charge on any atom is 0.241 e. The molecule has 0 bridgehead atoms. The molecule has 0 spiro atoms. The Morgan fingerprint density at radius 2 is 2.11 bits per heavy atom. The first-order chi connectivity index (χ1) is 8.51. The van der Waals surface area contributed by atoms with E-state index < -0.39 is 0 Å². The van der Waals surface area contributed by atoms with E-state index in [0.717, 1.165) is 19.3 Å². The SMILES string of the molecule is CCCC1NC(CC)C(=O)N1C1CCCC1(C)C. The Kier molecular flexibility index (Phi) is 4.00. The summed E-state index contributed by atoms with van der Waals surface area (Å²) in [7, 11) is 0. The Balaban J connectivity index is 2.19. The van der Waals surface area contributed by atoms with Crippen LogP contribution in [0.4, 0.5) is 0 Å². The monoisotopic (exact) mass is 252 g/mol. The summed E-state index contributed by atoms with van der Waals surface area (Å²) in [6.07, 6.45) is 7.07. The van der Waals surface area contributed by atoms with Crippen molar-refractivity contribution in [3.8, 4) is 0 Å². The van der Waals surface area contributed by atoms with Crippen molar-refractivity contribution >= 4 is 5.91 Å². The number of nitrogens with one attached hydrogen (secondary N) is 1. The molecular formula is C15H28N2O. The topological polar surface area (TPSA) is 32.3 Å². The highest BCUT2D eigenvalue weighted by atomic mass is 16.2. The third-order valence-electron chi connectivity index (χ3n) is 4.79. The Bertz CT molecular complexity index is 314. The van der Waals surface area contributed by atoms with Crippen molar-refractivity contribution in [3.63, 3.8) is 0 Å². The van der Waals surface area contributed by atoms with Gasteiger partial charge in [-0.3, -0.25) is 10.1 Å². The molecule has 1 saturated heterocycles. The van der Waals surface area contributed by atoms with Crippen molar-refractivity contribution in [2.24, 2.45) is 5.41 Å². The van der Waals surface area contributed by atoms with E-state index in [1.54, 1.807) is 0 Å². The maximum atomic E-state index is 12.6. The highest BCUT2D eigenvalue weighted by molar-refractivity contribution is 5.84. The van der Waals surface area contributed by atoms with Crippen LogP contribution in [0.3, 0.4) is 0 Å². The molecule has 1 amide bonds. The summed E-state index contributed by atoms with van der Waals surface area (Å²) < 4.78 is 0. The van der Waals surface area contributed by atoms with Gasteiger partial charge in [0.25, 0.3) is 0 Å². The maximum absolute atomic E-state index is 12.6. The lowest BCUT2D eigenvalue weighted by atomic mass is 9.86. The molecule has 3 heteroatoms. The van der Waals surface area contributed by atoms with Gasteiger partial charge in [-0.1, -0.05) is 40.5 Å². The number of hydrogen-bond donors (Lipinski definition) is 1. The van der Waals surface area contributed by atoms with Crippen molar-refractivity contribution in [3.05, 3.63) is 0 Å². The normalized spacial score (nSPS) is 35.4. The van der Waals surface area contributed by atoms with E-state index in [0.29, 0.717) is 11.9 Å². The minimum absolute atomic E-state index is 0.0537. The number of nitrogens with zero attached hydrogens (tertiary/aromatic N) is 1. The van der Waals surface area contributed by atoms with Crippen LogP contribution in [0.2, 0.25) is 0 Å². The summed E-state index contributed by atoms with van der Waals surface area (Å²) in [6.45, 7) is 8.94. The van der Waals surface area contributed by atoms with Crippen molar-refractivity contribution in [1.29, 1.82) is 0 Å². The quantitative estimate of drug-likeness (QED) is 0.834. The molecule has 1 aliphatic heterocycles. The first-order valence-corrected chi connectivity index (χ1v) is 7.59. The lowest BCUT2D eigenvalue weighted by molar-refractivity contribution is -0.134. The van der Waals surface area contributed by atoms with E-state index in [-0.39, 0.29) is 17.6 Å². The number of hydrogen-bond acceptors (Lipinski definition) is 2. The van der Waals surface area contributed by atoms with Crippen LogP contribution in [-0.2, 0) is 4.79 Å². The van der Waals surface area contributed by atoms with E-state index in [2.05, 4.69) is 37.9 Å². The molecule has 3 unspecified atom stereocenters. The summed E-state index contributed by atoms with van der Waals surface area (Å²) in [6, 6.07) is 0.489. The number of carbonyl (C=O) groups is 1. The smallest absolute Gasteiger partial charge is 0.241 e. The van der Waals surface area contributed by atoms with Crippen LogP contribution in [0.25, 0.3) is 0 Å². The Labute approximate surface area is 111 Å². The summed E-state index contributed by atoms with van der Waals surface area (Å²) >= 11 is 0. The van der Waals surface area contributed by atoms with E-state index in [1.807, 2.05) is 0 Å². The number of carbonyl (C=O) groups excluding carboxylic acids is 1. The molecule has 0 aromatic carbocycles. The fraction of sp³-hybridized carbons (Fsp3) is 0.933. The zero-order chi connectivity index (χ0) is 13.3. The van der Waals surface area contributed by atoms with Crippen LogP contribution in [0.1, 0.15) is 66.2 Å². The minimum atomic E-state index is 0.0537. The highest BCUT2D eigenvalue weighted by Gasteiger charge is 2.47. The molecule has 1 N–H and O–H groups in total. The third kappa shape index (κ3) is 2.29. The molecule has 0 aromatic heterocycles. The van der Waals surface area contributed by atoms with Crippen molar-refractivity contribution in [2.75, 3.05) is 0 Å². The zero-order valence-electron chi connectivity index (χ0n) is 12.3. The second-order valence-electron chi connectivity index (χ2n) is 6.57. The molecule has 1 saturated carbocycles. The summed E-state index contributed by atoms with van der Waals surface area (Å²) in [5.74, 6) is 0.343. The molecule has 0 radical (unpaired) electrons. The van der Waals surface area contributed by atoms with Gasteiger partial charge in [0, 0.05) is 6.04 Å². The molecule has 2 fully saturated rings. The van der Waals surface area contributed by atoms with E-state index in [9.17, 15) is 4.79 Å². The Morgan fingerprint density at radius 1 is 1.39 bits per heavy atom. The lowest BCUT2D eigenvalue weighted by Crippen LogP contribution is -2.49. The molecule has 3 atom stereocenters. The Hall–Kier alpha value is -0.570. The zero-order valence-corrected chi connectivity index (χ0v) is 12.3. The van der Waals surface area contributed by atoms with Gasteiger partial charge in [0.05, 0.1) is 12.2 Å². The Morgan fingerprint density at radius 3 is 2.61 bits per heavy atom. The first-order valence-electron chi connectivity index (χ1n) is 7.59. The van der Waals surface area contributed by atoms with Crippen LogP contribution in [0.15, 0.2) is 0 Å². The molecule has 2 rings (SSSR count). The molecule has 1 aliphatic carbocycles. The molecule has 104 valence electrons. The van der Waals surface area contributed by atoms with E-state index in [1.165, 1.54) is 19.3 Å². The minimum Gasteiger partial charge on any atom is -0.322 e. The first kappa shape index (κ1) is 13.9. The van der Waals surface area contributed by atoms with Crippen LogP contribution < -0.4 is 5.32 Å². The molecule has 2 aliphatic rings. The predicted molar refractivity (Wildman–Crippen MR) is 74.2 cm³/mol. The van der Waals surface area contributed by atoms with Gasteiger partial charge in [0.15, 0.2) is 0 Å². The summed E-state index contributed by atoms with van der Waals surface area (Å²) in [5.41, 5.74) is 0.284. The van der Waals surface area contributed by atoms with Gasteiger partial charge in [-0.05, 0) is 31.1 Å². The number of rotatable bonds is 4. The van der Waals surface area contributed by atoms with E-state index >= 15 is 0 Å². The second-order valence-corrected chi connectivity index (χ2v) is 6.57. The van der Waals surface area contributed by atoms with Gasteiger partial charge in [-0.15, -0.1) is 0 Å². The average Bonchev–Trinajstić information content (AvgIpc) is 2.80. The van der Waals surface area contributed by atoms with Crippen LogP contribution in [0, 0.1) is 5.41 Å². The second kappa shape index (κ2) is 5.20. The number of amides is 1. The molecule has 3 nitrogen and oxygen atoms in total. The molecule has 0 aromatic rings. The van der Waals surface area contributed by atoms with Gasteiger partial charge < -0.3 is 4.90 Å². The molecule has 18 heavy (non-hydrogen) atoms. The van der Waals surface area contributed by atoms with Gasteiger partial charge in [-0.25, -0.2) is 0 Å². The summed E-state index contributed by atoms with van der Waals surface area (Å²) in [5, 5.41) is 3.53. The summed E-state index contributed by atoms with van der Waals surface area (Å²) in [4.78, 5) is 14.8. The standard InChI is InChI=1S/C15H28N2O/c1-5-8-13-16-11(6-2)14(18)17(13)12-9-7-10-15(12,3)4/h11-13,16H,5-10H2,1-4H3. The fourth-order valence-electron chi connectivity index (χ4n) is 3.70. The van der Waals surface area contributed by atoms with Crippen LogP contribution in [-0.4, -0.2) is 29.1 Å². The van der Waals surface area contributed by atoms with Gasteiger partial charge >= 0.3 is 0 Å². The fourth-order valence-corrected chi connectivity index (χ4v) is 3.70. The predicted octanol–water partition coefficient (Wildman–Crippen LogP) is 2.90. The van der Waals surface area contributed by atoms with Crippen molar-refractivity contribution in [2.45, 2.75) is 84.5 Å². The van der Waals surface area contributed by atoms with Gasteiger partial charge in [0.2, 0.25) is 5.91 Å². The van der Waals surface area contributed by atoms with Gasteiger partial charge in [-0.2, -0.15) is 0 Å². The van der Waals surface area contributed by atoms with Crippen LogP contribution in [0.5, 0.6) is 0 Å². The van der Waals surface area contributed by atoms with Gasteiger partial charge in [0.1, 0.15) is 0 Å². The highest BCUT2D eigenvalue weighted by Crippen LogP contribution is 2.42. The molecular weight excluding hydrogens is 224 g/mol. The lowest BCUT2D eigenvalue weighted by Gasteiger charge is -2.38. The average molecular weight is 252 g/mol. The van der Waals surface area contributed by atoms with E-state index in [4.69, 9.17) is 0 Å². The van der Waals surface area contributed by atoms with Crippen molar-refractivity contribution in [1.82, 2.24) is 10.2 Å².